The number of carbonyl (C=O) groups is 3. The fourth-order valence-electron chi connectivity index (χ4n) is 9.00. The van der Waals surface area contributed by atoms with Gasteiger partial charge in [0.2, 0.25) is 0 Å². The van der Waals surface area contributed by atoms with Crippen molar-refractivity contribution in [1.82, 2.24) is 0 Å². The van der Waals surface area contributed by atoms with E-state index in [0.717, 1.165) is 83.5 Å². The quantitative estimate of drug-likeness (QED) is 0.0261. The lowest BCUT2D eigenvalue weighted by atomic mass is 10.0. The third kappa shape index (κ3) is 59.6. The Morgan fingerprint density at radius 1 is 0.288 bits per heavy atom. The minimum Gasteiger partial charge on any atom is -0.462 e. The first-order chi connectivity index (χ1) is 36.0. The van der Waals surface area contributed by atoms with Crippen molar-refractivity contribution in [2.45, 2.75) is 322 Å². The van der Waals surface area contributed by atoms with Crippen molar-refractivity contribution < 1.29 is 28.6 Å². The molecule has 0 bridgehead atoms. The van der Waals surface area contributed by atoms with Crippen LogP contribution in [0.25, 0.3) is 0 Å². The molecule has 0 rings (SSSR count). The van der Waals surface area contributed by atoms with E-state index in [1.165, 1.54) is 186 Å². The van der Waals surface area contributed by atoms with Crippen LogP contribution in [0.4, 0.5) is 0 Å². The number of hydrogen-bond donors (Lipinski definition) is 0. The molecule has 0 saturated carbocycles. The van der Waals surface area contributed by atoms with E-state index in [1.807, 2.05) is 0 Å². The van der Waals surface area contributed by atoms with Crippen molar-refractivity contribution in [2.75, 3.05) is 13.2 Å². The van der Waals surface area contributed by atoms with E-state index in [-0.39, 0.29) is 37.5 Å². The molecule has 0 heterocycles. The Kier molecular flexibility index (Phi) is 58.7. The Hall–Kier alpha value is -3.15. The van der Waals surface area contributed by atoms with Gasteiger partial charge in [0.25, 0.3) is 0 Å². The summed E-state index contributed by atoms with van der Waals surface area (Å²) >= 11 is 0. The Morgan fingerprint density at radius 2 is 0.534 bits per heavy atom. The van der Waals surface area contributed by atoms with E-state index in [2.05, 4.69) is 93.7 Å². The van der Waals surface area contributed by atoms with Gasteiger partial charge in [-0.3, -0.25) is 14.4 Å². The van der Waals surface area contributed by atoms with E-state index in [9.17, 15) is 14.4 Å². The predicted molar refractivity (Wildman–Crippen MR) is 316 cm³/mol. The number of allylic oxidation sites excluding steroid dienone is 12. The van der Waals surface area contributed by atoms with Crippen LogP contribution in [0.1, 0.15) is 316 Å². The van der Waals surface area contributed by atoms with Gasteiger partial charge in [0.1, 0.15) is 13.2 Å². The van der Waals surface area contributed by atoms with Crippen LogP contribution >= 0.6 is 0 Å². The van der Waals surface area contributed by atoms with Crippen LogP contribution in [0.5, 0.6) is 0 Å². The van der Waals surface area contributed by atoms with E-state index in [4.69, 9.17) is 14.2 Å². The Morgan fingerprint density at radius 3 is 0.863 bits per heavy atom. The summed E-state index contributed by atoms with van der Waals surface area (Å²) < 4.78 is 16.8. The summed E-state index contributed by atoms with van der Waals surface area (Å²) in [5, 5.41) is 0. The minimum atomic E-state index is -0.792. The van der Waals surface area contributed by atoms with E-state index in [1.54, 1.807) is 0 Å². The molecule has 1 unspecified atom stereocenters. The molecule has 0 amide bonds. The minimum absolute atomic E-state index is 0.0888. The van der Waals surface area contributed by atoms with Crippen molar-refractivity contribution in [3.8, 4) is 0 Å². The monoisotopic (exact) mass is 1020 g/mol. The zero-order valence-electron chi connectivity index (χ0n) is 48.4. The molecule has 6 heteroatoms. The molecule has 0 N–H and O–H groups in total. The van der Waals surface area contributed by atoms with E-state index >= 15 is 0 Å². The lowest BCUT2D eigenvalue weighted by Gasteiger charge is -2.18. The summed E-state index contributed by atoms with van der Waals surface area (Å²) in [6.07, 6.45) is 79.6. The van der Waals surface area contributed by atoms with Crippen molar-refractivity contribution >= 4 is 17.9 Å². The fourth-order valence-corrected chi connectivity index (χ4v) is 9.00. The van der Waals surface area contributed by atoms with Crippen LogP contribution in [0, 0.1) is 0 Å². The second-order valence-electron chi connectivity index (χ2n) is 20.9. The zero-order valence-corrected chi connectivity index (χ0v) is 48.4. The molecule has 1 atom stereocenters. The number of esters is 3. The molecule has 6 nitrogen and oxygen atoms in total. The summed E-state index contributed by atoms with van der Waals surface area (Å²) in [5.41, 5.74) is 0. The molecule has 0 aliphatic carbocycles. The van der Waals surface area contributed by atoms with Gasteiger partial charge >= 0.3 is 17.9 Å². The Balaban J connectivity index is 4.00. The first kappa shape index (κ1) is 69.8. The van der Waals surface area contributed by atoms with Gasteiger partial charge < -0.3 is 14.2 Å². The normalized spacial score (nSPS) is 12.5. The molecular formula is C67H118O6. The van der Waals surface area contributed by atoms with Gasteiger partial charge in [-0.05, 0) is 89.9 Å². The lowest BCUT2D eigenvalue weighted by Crippen LogP contribution is -2.30. The molecule has 0 fully saturated rings. The van der Waals surface area contributed by atoms with Gasteiger partial charge in [0, 0.05) is 19.3 Å². The van der Waals surface area contributed by atoms with Crippen LogP contribution in [-0.4, -0.2) is 37.2 Å². The van der Waals surface area contributed by atoms with Gasteiger partial charge in [-0.1, -0.05) is 280 Å². The topological polar surface area (TPSA) is 78.9 Å². The molecule has 0 aromatic rings. The highest BCUT2D eigenvalue weighted by Crippen LogP contribution is 2.17. The summed E-state index contributed by atoms with van der Waals surface area (Å²) in [5.74, 6) is -0.928. The van der Waals surface area contributed by atoms with Crippen LogP contribution in [0.15, 0.2) is 72.9 Å². The first-order valence-corrected chi connectivity index (χ1v) is 31.4. The second-order valence-corrected chi connectivity index (χ2v) is 20.9. The van der Waals surface area contributed by atoms with Gasteiger partial charge in [0.05, 0.1) is 0 Å². The zero-order chi connectivity index (χ0) is 52.9. The number of hydrogen-bond acceptors (Lipinski definition) is 6. The highest BCUT2D eigenvalue weighted by Gasteiger charge is 2.19. The number of ether oxygens (including phenoxy) is 3. The van der Waals surface area contributed by atoms with Crippen LogP contribution in [0.3, 0.4) is 0 Å². The van der Waals surface area contributed by atoms with Crippen molar-refractivity contribution in [2.24, 2.45) is 0 Å². The fraction of sp³-hybridized carbons (Fsp3) is 0.776. The van der Waals surface area contributed by atoms with E-state index in [0.29, 0.717) is 19.3 Å². The SMILES string of the molecule is CC/C=C\C/C=C\C/C=C\C/C=C\CCCCC(=O)OC(COC(=O)CCCCCCCCC)COC(=O)CCCCCCCCCCCCCCCCCCCCCCC/C=C\C/C=C\CCCCCCC. The smallest absolute Gasteiger partial charge is 0.306 e. The molecule has 0 aliphatic rings. The van der Waals surface area contributed by atoms with Crippen molar-refractivity contribution in [1.29, 1.82) is 0 Å². The number of unbranched alkanes of at least 4 members (excludes halogenated alkanes) is 34. The number of carbonyl (C=O) groups excluding carboxylic acids is 3. The molecule has 0 radical (unpaired) electrons. The average Bonchev–Trinajstić information content (AvgIpc) is 3.39. The third-order valence-corrected chi connectivity index (χ3v) is 13.7. The lowest BCUT2D eigenvalue weighted by molar-refractivity contribution is -0.167. The Bertz CT molecular complexity index is 1360. The molecule has 0 aromatic carbocycles. The maximum absolute atomic E-state index is 12.8. The Labute approximate surface area is 453 Å². The molecule has 73 heavy (non-hydrogen) atoms. The molecule has 0 aromatic heterocycles. The summed E-state index contributed by atoms with van der Waals surface area (Å²) in [6, 6.07) is 0. The number of rotatable bonds is 57. The molecular weight excluding hydrogens is 901 g/mol. The van der Waals surface area contributed by atoms with Gasteiger partial charge in [0.15, 0.2) is 6.10 Å². The molecule has 0 aliphatic heterocycles. The molecule has 422 valence electrons. The summed E-state index contributed by atoms with van der Waals surface area (Å²) in [6.45, 7) is 6.46. The largest absolute Gasteiger partial charge is 0.462 e. The maximum Gasteiger partial charge on any atom is 0.306 e. The van der Waals surface area contributed by atoms with Gasteiger partial charge in [-0.25, -0.2) is 0 Å². The first-order valence-electron chi connectivity index (χ1n) is 31.4. The third-order valence-electron chi connectivity index (χ3n) is 13.7. The standard InChI is InChI=1S/C67H118O6/c1-4-7-10-13-16-18-20-22-24-25-26-27-28-29-30-31-32-33-34-35-36-37-38-39-40-41-43-44-46-48-51-54-57-60-66(69)72-63-64(62-71-65(68)59-56-53-50-15-12-9-6-3)73-67(70)61-58-55-52-49-47-45-42-23-21-19-17-14-11-8-5-2/h8,11,17,19-20,22-23,25-26,42,47,49,64H,4-7,9-10,12-16,18,21,24,27-41,43-46,48,50-63H2,1-3H3/b11-8-,19-17-,22-20-,26-25-,42-23-,49-47-. The highest BCUT2D eigenvalue weighted by molar-refractivity contribution is 5.71. The van der Waals surface area contributed by atoms with E-state index < -0.39 is 6.10 Å². The average molecular weight is 1020 g/mol. The van der Waals surface area contributed by atoms with Gasteiger partial charge in [-0.2, -0.15) is 0 Å². The maximum atomic E-state index is 12.8. The summed E-state index contributed by atoms with van der Waals surface area (Å²) in [7, 11) is 0. The van der Waals surface area contributed by atoms with Crippen molar-refractivity contribution in [3.05, 3.63) is 72.9 Å². The predicted octanol–water partition coefficient (Wildman–Crippen LogP) is 21.3. The molecule has 0 spiro atoms. The molecule has 0 saturated heterocycles. The van der Waals surface area contributed by atoms with Crippen LogP contribution in [-0.2, 0) is 28.6 Å². The highest BCUT2D eigenvalue weighted by atomic mass is 16.6. The summed E-state index contributed by atoms with van der Waals surface area (Å²) in [4.78, 5) is 37.9. The van der Waals surface area contributed by atoms with Crippen LogP contribution in [0.2, 0.25) is 0 Å². The van der Waals surface area contributed by atoms with Gasteiger partial charge in [-0.15, -0.1) is 0 Å². The van der Waals surface area contributed by atoms with Crippen molar-refractivity contribution in [3.63, 3.8) is 0 Å². The van der Waals surface area contributed by atoms with Crippen LogP contribution < -0.4 is 0 Å². The second kappa shape index (κ2) is 61.4.